The van der Waals surface area contributed by atoms with Gasteiger partial charge in [-0.15, -0.1) is 0 Å². The van der Waals surface area contributed by atoms with E-state index in [2.05, 4.69) is 5.10 Å². The molecule has 6 heteroatoms. The van der Waals surface area contributed by atoms with E-state index in [1.165, 1.54) is 4.31 Å². The monoisotopic (exact) mass is 431 g/mol. The third-order valence-corrected chi connectivity index (χ3v) is 7.09. The normalized spacial score (nSPS) is 11.4. The van der Waals surface area contributed by atoms with Gasteiger partial charge < -0.3 is 0 Å². The maximum atomic E-state index is 13.8. The van der Waals surface area contributed by atoms with Crippen LogP contribution in [0.15, 0.2) is 96.0 Å². The van der Waals surface area contributed by atoms with Crippen LogP contribution in [0.1, 0.15) is 18.1 Å². The van der Waals surface area contributed by atoms with Gasteiger partial charge in [0.1, 0.15) is 10.6 Å². The quantitative estimate of drug-likeness (QED) is 0.408. The Morgan fingerprint density at radius 2 is 1.48 bits per heavy atom. The number of aryl methyl sites for hydroxylation is 1. The van der Waals surface area contributed by atoms with E-state index in [0.717, 1.165) is 16.7 Å². The Morgan fingerprint density at radius 3 is 2.13 bits per heavy atom. The van der Waals surface area contributed by atoms with Crippen molar-refractivity contribution in [2.24, 2.45) is 0 Å². The minimum absolute atomic E-state index is 0.208. The summed E-state index contributed by atoms with van der Waals surface area (Å²) in [6.45, 7) is 4.59. The first-order valence-electron chi connectivity index (χ1n) is 10.3. The van der Waals surface area contributed by atoms with E-state index in [1.807, 2.05) is 98.8 Å². The van der Waals surface area contributed by atoms with Crippen molar-refractivity contribution in [2.75, 3.05) is 10.8 Å². The lowest BCUT2D eigenvalue weighted by Gasteiger charge is -2.24. The Labute approximate surface area is 183 Å². The minimum atomic E-state index is -3.83. The standard InChI is InChI=1S/C25H25N3O2S/c1-3-28(23-17-11-10-12-20(23)2)31(29,30)24-19-27(18-21-13-6-4-7-14-21)26-25(24)22-15-8-5-9-16-22/h4-17,19H,3,18H2,1-2H3. The second-order valence-electron chi connectivity index (χ2n) is 7.35. The molecule has 3 aromatic carbocycles. The summed E-state index contributed by atoms with van der Waals surface area (Å²) in [4.78, 5) is 0.208. The highest BCUT2D eigenvalue weighted by Gasteiger charge is 2.30. The molecule has 0 saturated heterocycles. The zero-order chi connectivity index (χ0) is 21.8. The molecule has 0 bridgehead atoms. The van der Waals surface area contributed by atoms with E-state index in [1.54, 1.807) is 10.9 Å². The molecular weight excluding hydrogens is 406 g/mol. The van der Waals surface area contributed by atoms with Crippen molar-refractivity contribution in [3.63, 3.8) is 0 Å². The summed E-state index contributed by atoms with van der Waals surface area (Å²) in [5, 5.41) is 4.69. The van der Waals surface area contributed by atoms with Crippen LogP contribution >= 0.6 is 0 Å². The molecule has 158 valence electrons. The van der Waals surface area contributed by atoms with E-state index >= 15 is 0 Å². The Balaban J connectivity index is 1.84. The zero-order valence-electron chi connectivity index (χ0n) is 17.6. The van der Waals surface area contributed by atoms with Gasteiger partial charge in [-0.2, -0.15) is 5.10 Å². The average Bonchev–Trinajstić information content (AvgIpc) is 3.21. The molecule has 1 heterocycles. The maximum absolute atomic E-state index is 13.8. The van der Waals surface area contributed by atoms with Gasteiger partial charge in [0.2, 0.25) is 0 Å². The van der Waals surface area contributed by atoms with Gasteiger partial charge >= 0.3 is 0 Å². The topological polar surface area (TPSA) is 55.2 Å². The van der Waals surface area contributed by atoms with Crippen molar-refractivity contribution in [2.45, 2.75) is 25.3 Å². The van der Waals surface area contributed by atoms with Crippen LogP contribution < -0.4 is 4.31 Å². The molecular formula is C25H25N3O2S. The lowest BCUT2D eigenvalue weighted by Crippen LogP contribution is -2.31. The van der Waals surface area contributed by atoms with Crippen LogP contribution in [0.2, 0.25) is 0 Å². The van der Waals surface area contributed by atoms with Crippen LogP contribution in [-0.4, -0.2) is 24.7 Å². The fourth-order valence-electron chi connectivity index (χ4n) is 3.67. The summed E-state index contributed by atoms with van der Waals surface area (Å²) < 4.78 is 30.9. The van der Waals surface area contributed by atoms with E-state index in [-0.39, 0.29) is 4.90 Å². The predicted molar refractivity (Wildman–Crippen MR) is 125 cm³/mol. The van der Waals surface area contributed by atoms with Crippen LogP contribution in [-0.2, 0) is 16.6 Å². The minimum Gasteiger partial charge on any atom is -0.266 e. The summed E-state index contributed by atoms with van der Waals surface area (Å²) in [5.41, 5.74) is 3.88. The molecule has 0 N–H and O–H groups in total. The van der Waals surface area contributed by atoms with Crippen molar-refractivity contribution >= 4 is 15.7 Å². The third-order valence-electron chi connectivity index (χ3n) is 5.20. The SMILES string of the molecule is CCN(c1ccccc1C)S(=O)(=O)c1cn(Cc2ccccc2)nc1-c1ccccc1. The van der Waals surface area contributed by atoms with E-state index in [9.17, 15) is 8.42 Å². The van der Waals surface area contributed by atoms with E-state index in [4.69, 9.17) is 0 Å². The highest BCUT2D eigenvalue weighted by Crippen LogP contribution is 2.32. The molecule has 0 unspecified atom stereocenters. The molecule has 0 fully saturated rings. The Kier molecular flexibility index (Phi) is 5.91. The molecule has 0 radical (unpaired) electrons. The summed E-state index contributed by atoms with van der Waals surface area (Å²) >= 11 is 0. The van der Waals surface area contributed by atoms with Gasteiger partial charge in [-0.05, 0) is 31.0 Å². The molecule has 0 aliphatic heterocycles. The maximum Gasteiger partial charge on any atom is 0.268 e. The van der Waals surface area contributed by atoms with Gasteiger partial charge in [0.15, 0.2) is 0 Å². The molecule has 0 atom stereocenters. The summed E-state index contributed by atoms with van der Waals surface area (Å²) in [6.07, 6.45) is 1.64. The molecule has 0 amide bonds. The number of rotatable bonds is 7. The fraction of sp³-hybridized carbons (Fsp3) is 0.160. The van der Waals surface area contributed by atoms with Crippen molar-refractivity contribution < 1.29 is 8.42 Å². The van der Waals surface area contributed by atoms with Crippen molar-refractivity contribution in [1.29, 1.82) is 0 Å². The van der Waals surface area contributed by atoms with Gasteiger partial charge in [-0.25, -0.2) is 8.42 Å². The first kappa shape index (κ1) is 20.9. The first-order valence-corrected chi connectivity index (χ1v) is 11.7. The molecule has 4 aromatic rings. The zero-order valence-corrected chi connectivity index (χ0v) is 18.5. The number of benzene rings is 3. The summed E-state index contributed by atoms with van der Waals surface area (Å²) in [7, 11) is -3.83. The molecule has 0 saturated carbocycles. The predicted octanol–water partition coefficient (Wildman–Crippen LogP) is 5.12. The largest absolute Gasteiger partial charge is 0.268 e. The van der Waals surface area contributed by atoms with Crippen LogP contribution in [0.3, 0.4) is 0 Å². The number of aromatic nitrogens is 2. The number of hydrogen-bond acceptors (Lipinski definition) is 3. The van der Waals surface area contributed by atoms with Gasteiger partial charge in [0, 0.05) is 18.3 Å². The Morgan fingerprint density at radius 1 is 0.871 bits per heavy atom. The highest BCUT2D eigenvalue weighted by atomic mass is 32.2. The number of hydrogen-bond donors (Lipinski definition) is 0. The second-order valence-corrected chi connectivity index (χ2v) is 9.18. The fourth-order valence-corrected chi connectivity index (χ4v) is 5.37. The van der Waals surface area contributed by atoms with Crippen molar-refractivity contribution in [3.8, 4) is 11.3 Å². The number of nitrogens with zero attached hydrogens (tertiary/aromatic N) is 3. The third kappa shape index (κ3) is 4.25. The molecule has 0 aliphatic rings. The number of sulfonamides is 1. The van der Waals surface area contributed by atoms with Gasteiger partial charge in [-0.1, -0.05) is 78.9 Å². The lowest BCUT2D eigenvalue weighted by molar-refractivity contribution is 0.591. The first-order chi connectivity index (χ1) is 15.0. The van der Waals surface area contributed by atoms with E-state index in [0.29, 0.717) is 24.5 Å². The molecule has 31 heavy (non-hydrogen) atoms. The smallest absolute Gasteiger partial charge is 0.266 e. The van der Waals surface area contributed by atoms with Crippen molar-refractivity contribution in [3.05, 3.63) is 102 Å². The second kappa shape index (κ2) is 8.78. The van der Waals surface area contributed by atoms with Crippen LogP contribution in [0.5, 0.6) is 0 Å². The van der Waals surface area contributed by atoms with Gasteiger partial charge in [0.05, 0.1) is 12.2 Å². The Hall–Kier alpha value is -3.38. The van der Waals surface area contributed by atoms with Gasteiger partial charge in [-0.3, -0.25) is 8.99 Å². The lowest BCUT2D eigenvalue weighted by atomic mass is 10.2. The van der Waals surface area contributed by atoms with Crippen LogP contribution in [0.25, 0.3) is 11.3 Å². The van der Waals surface area contributed by atoms with E-state index < -0.39 is 10.0 Å². The molecule has 5 nitrogen and oxygen atoms in total. The average molecular weight is 432 g/mol. The van der Waals surface area contributed by atoms with Crippen LogP contribution in [0.4, 0.5) is 5.69 Å². The molecule has 0 aliphatic carbocycles. The summed E-state index contributed by atoms with van der Waals surface area (Å²) in [6, 6.07) is 26.9. The van der Waals surface area contributed by atoms with Crippen molar-refractivity contribution in [1.82, 2.24) is 9.78 Å². The van der Waals surface area contributed by atoms with Crippen LogP contribution in [0, 0.1) is 6.92 Å². The summed E-state index contributed by atoms with van der Waals surface area (Å²) in [5.74, 6) is 0. The molecule has 0 spiro atoms. The van der Waals surface area contributed by atoms with Gasteiger partial charge in [0.25, 0.3) is 10.0 Å². The number of anilines is 1. The number of para-hydroxylation sites is 1. The Bertz CT molecular complexity index is 1270. The molecule has 4 rings (SSSR count). The molecule has 1 aromatic heterocycles. The highest BCUT2D eigenvalue weighted by molar-refractivity contribution is 7.93.